The Kier molecular flexibility index (Phi) is 4.81. The van der Waals surface area contributed by atoms with Gasteiger partial charge in [0.25, 0.3) is 6.01 Å². The molecule has 3 heterocycles. The number of piperidine rings is 1. The van der Waals surface area contributed by atoms with Crippen molar-refractivity contribution in [2.75, 3.05) is 44.3 Å². The number of benzene rings is 1. The van der Waals surface area contributed by atoms with Crippen LogP contribution in [0.2, 0.25) is 5.02 Å². The molecule has 1 unspecified atom stereocenters. The minimum Gasteiger partial charge on any atom is -0.423 e. The van der Waals surface area contributed by atoms with Crippen molar-refractivity contribution in [2.45, 2.75) is 19.3 Å². The maximum Gasteiger partial charge on any atom is 0.298 e. The lowest BCUT2D eigenvalue weighted by molar-refractivity contribution is -0.136. The highest BCUT2D eigenvalue weighted by Crippen LogP contribution is 2.29. The summed E-state index contributed by atoms with van der Waals surface area (Å²) >= 11 is 6.02. The summed E-state index contributed by atoms with van der Waals surface area (Å²) in [5, 5.41) is 0.642. The maximum atomic E-state index is 12.5. The Morgan fingerprint density at radius 2 is 2.12 bits per heavy atom. The van der Waals surface area contributed by atoms with Crippen molar-refractivity contribution in [1.82, 2.24) is 9.88 Å². The van der Waals surface area contributed by atoms with Crippen molar-refractivity contribution in [3.05, 3.63) is 23.2 Å². The number of carbonyl (C=O) groups is 1. The van der Waals surface area contributed by atoms with Crippen LogP contribution in [0.5, 0.6) is 0 Å². The summed E-state index contributed by atoms with van der Waals surface area (Å²) in [6, 6.07) is 6.10. The average Bonchev–Trinajstić information content (AvgIpc) is 3.06. The van der Waals surface area contributed by atoms with Crippen molar-refractivity contribution in [1.29, 1.82) is 0 Å². The molecule has 1 amide bonds. The molecule has 134 valence electrons. The highest BCUT2D eigenvalue weighted by molar-refractivity contribution is 6.31. The summed E-state index contributed by atoms with van der Waals surface area (Å²) in [5.74, 6) is 0.571. The Balaban J connectivity index is 1.42. The van der Waals surface area contributed by atoms with Gasteiger partial charge in [-0.05, 0) is 30.9 Å². The van der Waals surface area contributed by atoms with E-state index >= 15 is 0 Å². The minimum atomic E-state index is 0.236. The first-order chi connectivity index (χ1) is 12.2. The monoisotopic (exact) mass is 363 g/mol. The summed E-state index contributed by atoms with van der Waals surface area (Å²) < 4.78 is 11.2. The number of hydrogen-bond donors (Lipinski definition) is 0. The number of anilines is 1. The number of nitrogens with zero attached hydrogens (tertiary/aromatic N) is 3. The standard InChI is InChI=1S/C18H22ClN3O3/c19-14-3-4-15-16(11-14)25-18(20-15)22-5-1-2-13(12-22)10-17(23)21-6-8-24-9-7-21/h3-4,11,13H,1-2,5-10,12H2. The quantitative estimate of drug-likeness (QED) is 0.839. The van der Waals surface area contributed by atoms with E-state index in [2.05, 4.69) is 9.88 Å². The number of carbonyl (C=O) groups excluding carboxylic acids is 1. The predicted octanol–water partition coefficient (Wildman–Crippen LogP) is 2.95. The lowest BCUT2D eigenvalue weighted by Gasteiger charge is -2.33. The average molecular weight is 364 g/mol. The Bertz CT molecular complexity index is 757. The zero-order valence-electron chi connectivity index (χ0n) is 14.1. The molecule has 2 aliphatic rings. The fraction of sp³-hybridized carbons (Fsp3) is 0.556. The number of aromatic nitrogens is 1. The maximum absolute atomic E-state index is 12.5. The topological polar surface area (TPSA) is 58.8 Å². The second-order valence-corrected chi connectivity index (χ2v) is 7.20. The van der Waals surface area contributed by atoms with Gasteiger partial charge in [0.05, 0.1) is 13.2 Å². The Labute approximate surface area is 151 Å². The minimum absolute atomic E-state index is 0.236. The van der Waals surface area contributed by atoms with Crippen molar-refractivity contribution in [2.24, 2.45) is 5.92 Å². The number of halogens is 1. The molecule has 1 atom stereocenters. The van der Waals surface area contributed by atoms with Crippen LogP contribution in [0, 0.1) is 5.92 Å². The summed E-state index contributed by atoms with van der Waals surface area (Å²) in [6.45, 7) is 4.42. The highest BCUT2D eigenvalue weighted by Gasteiger charge is 2.27. The Morgan fingerprint density at radius 1 is 1.28 bits per heavy atom. The molecular formula is C18H22ClN3O3. The number of fused-ring (bicyclic) bond motifs is 1. The zero-order valence-corrected chi connectivity index (χ0v) is 14.9. The largest absolute Gasteiger partial charge is 0.423 e. The molecule has 0 radical (unpaired) electrons. The van der Waals surface area contributed by atoms with Gasteiger partial charge in [-0.15, -0.1) is 0 Å². The Morgan fingerprint density at radius 3 is 2.96 bits per heavy atom. The molecule has 0 aliphatic carbocycles. The molecule has 0 saturated carbocycles. The molecule has 2 fully saturated rings. The smallest absolute Gasteiger partial charge is 0.298 e. The van der Waals surface area contributed by atoms with Gasteiger partial charge in [0.1, 0.15) is 5.52 Å². The van der Waals surface area contributed by atoms with Crippen LogP contribution in [0.25, 0.3) is 11.1 Å². The summed E-state index contributed by atoms with van der Waals surface area (Å²) in [4.78, 5) is 21.1. The number of ether oxygens (including phenoxy) is 1. The molecule has 7 heteroatoms. The lowest BCUT2D eigenvalue weighted by Crippen LogP contribution is -2.43. The molecule has 4 rings (SSSR count). The molecule has 2 aromatic rings. The summed E-state index contributed by atoms with van der Waals surface area (Å²) in [7, 11) is 0. The predicted molar refractivity (Wildman–Crippen MR) is 96.0 cm³/mol. The molecular weight excluding hydrogens is 342 g/mol. The molecule has 2 saturated heterocycles. The van der Waals surface area contributed by atoms with Crippen LogP contribution in [0.1, 0.15) is 19.3 Å². The molecule has 25 heavy (non-hydrogen) atoms. The van der Waals surface area contributed by atoms with Crippen molar-refractivity contribution < 1.29 is 13.9 Å². The first kappa shape index (κ1) is 16.7. The van der Waals surface area contributed by atoms with Crippen molar-refractivity contribution in [3.8, 4) is 0 Å². The van der Waals surface area contributed by atoms with Crippen LogP contribution >= 0.6 is 11.6 Å². The summed E-state index contributed by atoms with van der Waals surface area (Å²) in [5.41, 5.74) is 1.51. The fourth-order valence-electron chi connectivity index (χ4n) is 3.62. The molecule has 1 aromatic heterocycles. The molecule has 6 nitrogen and oxygen atoms in total. The fourth-order valence-corrected chi connectivity index (χ4v) is 3.78. The van der Waals surface area contributed by atoms with Crippen LogP contribution in [0.4, 0.5) is 6.01 Å². The highest BCUT2D eigenvalue weighted by atomic mass is 35.5. The third kappa shape index (κ3) is 3.75. The normalized spacial score (nSPS) is 21.7. The molecule has 0 spiro atoms. The van der Waals surface area contributed by atoms with Crippen LogP contribution < -0.4 is 4.90 Å². The lowest BCUT2D eigenvalue weighted by atomic mass is 9.94. The molecule has 2 aliphatic heterocycles. The van der Waals surface area contributed by atoms with Crippen molar-refractivity contribution >= 4 is 34.6 Å². The van der Waals surface area contributed by atoms with E-state index in [9.17, 15) is 4.79 Å². The SMILES string of the molecule is O=C(CC1CCCN(c2nc3ccc(Cl)cc3o2)C1)N1CCOCC1. The van der Waals surface area contributed by atoms with Gasteiger partial charge >= 0.3 is 0 Å². The van der Waals surface area contributed by atoms with Crippen LogP contribution in [-0.2, 0) is 9.53 Å². The van der Waals surface area contributed by atoms with Gasteiger partial charge < -0.3 is 19.0 Å². The third-order valence-electron chi connectivity index (χ3n) is 4.96. The second kappa shape index (κ2) is 7.22. The van der Waals surface area contributed by atoms with Crippen LogP contribution in [0.15, 0.2) is 22.6 Å². The van der Waals surface area contributed by atoms with Crippen LogP contribution in [-0.4, -0.2) is 55.2 Å². The zero-order chi connectivity index (χ0) is 17.2. The molecule has 0 N–H and O–H groups in total. The summed E-state index contributed by atoms with van der Waals surface area (Å²) in [6.07, 6.45) is 2.70. The van der Waals surface area contributed by atoms with Gasteiger partial charge in [-0.25, -0.2) is 0 Å². The molecule has 1 aromatic carbocycles. The van der Waals surface area contributed by atoms with Gasteiger partial charge in [-0.3, -0.25) is 4.79 Å². The van der Waals surface area contributed by atoms with E-state index in [1.165, 1.54) is 0 Å². The van der Waals surface area contributed by atoms with E-state index in [0.717, 1.165) is 31.4 Å². The second-order valence-electron chi connectivity index (χ2n) is 6.76. The van der Waals surface area contributed by atoms with E-state index in [1.807, 2.05) is 17.0 Å². The number of rotatable bonds is 3. The Hall–Kier alpha value is -1.79. The van der Waals surface area contributed by atoms with E-state index < -0.39 is 0 Å². The van der Waals surface area contributed by atoms with E-state index in [4.69, 9.17) is 20.8 Å². The first-order valence-corrected chi connectivity index (χ1v) is 9.23. The molecule has 0 bridgehead atoms. The third-order valence-corrected chi connectivity index (χ3v) is 5.19. The number of morpholine rings is 1. The van der Waals surface area contributed by atoms with Crippen molar-refractivity contribution in [3.63, 3.8) is 0 Å². The van der Waals surface area contributed by atoms with Gasteiger partial charge in [0, 0.05) is 43.7 Å². The van der Waals surface area contributed by atoms with Crippen LogP contribution in [0.3, 0.4) is 0 Å². The number of amides is 1. The van der Waals surface area contributed by atoms with E-state index in [1.54, 1.807) is 6.07 Å². The van der Waals surface area contributed by atoms with Gasteiger partial charge in [-0.1, -0.05) is 11.6 Å². The first-order valence-electron chi connectivity index (χ1n) is 8.85. The van der Waals surface area contributed by atoms with Gasteiger partial charge in [-0.2, -0.15) is 4.98 Å². The van der Waals surface area contributed by atoms with E-state index in [-0.39, 0.29) is 5.91 Å². The number of hydrogen-bond acceptors (Lipinski definition) is 5. The van der Waals surface area contributed by atoms with Gasteiger partial charge in [0.15, 0.2) is 5.58 Å². The number of oxazole rings is 1. The van der Waals surface area contributed by atoms with Gasteiger partial charge in [0.2, 0.25) is 5.91 Å². The van der Waals surface area contributed by atoms with E-state index in [0.29, 0.717) is 55.3 Å².